The maximum absolute atomic E-state index is 6.18. The normalized spacial score (nSPS) is 20.3. The standard InChI is InChI=1S/C25H29N3O4/c1-29-21-6-7-23-22(13-21)17(8-9-26-23)2-4-20-5-3-18(16-32-20)27-14-19-12-24-25(15-28-19)31-11-10-30-24/h6-9,12-13,15,18,20,27H,2-5,10-11,14,16H2,1H3/t18-,20+/m1/s1. The molecule has 0 aliphatic carbocycles. The Morgan fingerprint density at radius 2 is 1.97 bits per heavy atom. The third-order valence-corrected chi connectivity index (χ3v) is 6.20. The van der Waals surface area contributed by atoms with Crippen molar-refractivity contribution in [2.75, 3.05) is 26.9 Å². The minimum atomic E-state index is 0.286. The molecule has 1 aromatic carbocycles. The van der Waals surface area contributed by atoms with Gasteiger partial charge in [0.05, 0.1) is 37.2 Å². The molecule has 32 heavy (non-hydrogen) atoms. The number of fused-ring (bicyclic) bond motifs is 2. The zero-order valence-corrected chi connectivity index (χ0v) is 18.4. The van der Waals surface area contributed by atoms with Crippen molar-refractivity contribution >= 4 is 10.9 Å². The third kappa shape index (κ3) is 4.79. The molecule has 7 heteroatoms. The SMILES string of the molecule is COc1ccc2nccc(CC[C@H]3CC[C@@H](NCc4cc5c(cn4)OCCO5)CO3)c2c1. The van der Waals surface area contributed by atoms with Crippen molar-refractivity contribution < 1.29 is 18.9 Å². The van der Waals surface area contributed by atoms with Gasteiger partial charge in [-0.05, 0) is 55.5 Å². The predicted molar refractivity (Wildman–Crippen MR) is 121 cm³/mol. The van der Waals surface area contributed by atoms with E-state index < -0.39 is 0 Å². The van der Waals surface area contributed by atoms with Crippen LogP contribution in [0.1, 0.15) is 30.5 Å². The summed E-state index contributed by atoms with van der Waals surface area (Å²) in [7, 11) is 1.70. The molecular formula is C25H29N3O4. The molecule has 1 fully saturated rings. The number of pyridine rings is 2. The van der Waals surface area contributed by atoms with Crippen LogP contribution in [0.3, 0.4) is 0 Å². The molecule has 2 aliphatic rings. The highest BCUT2D eigenvalue weighted by Crippen LogP contribution is 2.29. The number of hydrogen-bond acceptors (Lipinski definition) is 7. The highest BCUT2D eigenvalue weighted by Gasteiger charge is 2.22. The van der Waals surface area contributed by atoms with E-state index in [0.717, 1.165) is 66.1 Å². The average Bonchev–Trinajstić information content (AvgIpc) is 2.86. The second-order valence-electron chi connectivity index (χ2n) is 8.32. The van der Waals surface area contributed by atoms with Crippen LogP contribution in [0.15, 0.2) is 42.7 Å². The van der Waals surface area contributed by atoms with Crippen LogP contribution in [0.2, 0.25) is 0 Å². The lowest BCUT2D eigenvalue weighted by molar-refractivity contribution is -0.00701. The quantitative estimate of drug-likeness (QED) is 0.607. The molecule has 5 rings (SSSR count). The van der Waals surface area contributed by atoms with Gasteiger partial charge in [-0.15, -0.1) is 0 Å². The van der Waals surface area contributed by atoms with E-state index in [0.29, 0.717) is 25.8 Å². The van der Waals surface area contributed by atoms with E-state index in [4.69, 9.17) is 18.9 Å². The van der Waals surface area contributed by atoms with Crippen molar-refractivity contribution in [2.24, 2.45) is 0 Å². The lowest BCUT2D eigenvalue weighted by Gasteiger charge is -2.30. The van der Waals surface area contributed by atoms with Gasteiger partial charge < -0.3 is 24.3 Å². The number of rotatable bonds is 7. The van der Waals surface area contributed by atoms with E-state index in [1.54, 1.807) is 13.3 Å². The van der Waals surface area contributed by atoms with Gasteiger partial charge in [0.15, 0.2) is 11.5 Å². The Kier molecular flexibility index (Phi) is 6.36. The van der Waals surface area contributed by atoms with Gasteiger partial charge in [-0.3, -0.25) is 9.97 Å². The smallest absolute Gasteiger partial charge is 0.179 e. The topological polar surface area (TPSA) is 74.7 Å². The molecule has 0 bridgehead atoms. The summed E-state index contributed by atoms with van der Waals surface area (Å²) >= 11 is 0. The van der Waals surface area contributed by atoms with Crippen LogP contribution in [0.25, 0.3) is 10.9 Å². The second kappa shape index (κ2) is 9.71. The van der Waals surface area contributed by atoms with Crippen molar-refractivity contribution in [1.29, 1.82) is 0 Å². The number of ether oxygens (including phenoxy) is 4. The molecule has 1 saturated heterocycles. The van der Waals surface area contributed by atoms with Crippen LogP contribution in [-0.2, 0) is 17.7 Å². The van der Waals surface area contributed by atoms with Crippen LogP contribution >= 0.6 is 0 Å². The monoisotopic (exact) mass is 435 g/mol. The Labute approximate surface area is 188 Å². The summed E-state index contributed by atoms with van der Waals surface area (Å²) in [5, 5.41) is 4.73. The molecule has 0 unspecified atom stereocenters. The highest BCUT2D eigenvalue weighted by atomic mass is 16.6. The summed E-state index contributed by atoms with van der Waals surface area (Å²) in [6.45, 7) is 2.59. The molecule has 2 atom stereocenters. The number of aromatic nitrogens is 2. The number of nitrogens with one attached hydrogen (secondary N) is 1. The van der Waals surface area contributed by atoms with E-state index >= 15 is 0 Å². The molecule has 4 heterocycles. The molecule has 1 N–H and O–H groups in total. The largest absolute Gasteiger partial charge is 0.497 e. The van der Waals surface area contributed by atoms with Crippen molar-refractivity contribution in [3.63, 3.8) is 0 Å². The van der Waals surface area contributed by atoms with Gasteiger partial charge in [-0.1, -0.05) is 0 Å². The van der Waals surface area contributed by atoms with Gasteiger partial charge in [0, 0.05) is 30.2 Å². The van der Waals surface area contributed by atoms with Gasteiger partial charge in [-0.25, -0.2) is 0 Å². The van der Waals surface area contributed by atoms with Crippen LogP contribution in [0, 0.1) is 0 Å². The van der Waals surface area contributed by atoms with Crippen molar-refractivity contribution in [3.05, 3.63) is 54.0 Å². The fourth-order valence-electron chi connectivity index (χ4n) is 4.37. The molecular weight excluding hydrogens is 406 g/mol. The van der Waals surface area contributed by atoms with Crippen LogP contribution < -0.4 is 19.5 Å². The highest BCUT2D eigenvalue weighted by molar-refractivity contribution is 5.83. The summed E-state index contributed by atoms with van der Waals surface area (Å²) in [5.41, 5.74) is 3.25. The number of benzene rings is 1. The molecule has 0 saturated carbocycles. The number of hydrogen-bond donors (Lipinski definition) is 1. The van der Waals surface area contributed by atoms with Gasteiger partial charge >= 0.3 is 0 Å². The molecule has 0 spiro atoms. The van der Waals surface area contributed by atoms with Gasteiger partial charge in [-0.2, -0.15) is 0 Å². The van der Waals surface area contributed by atoms with Crippen molar-refractivity contribution in [1.82, 2.24) is 15.3 Å². The Morgan fingerprint density at radius 1 is 1.06 bits per heavy atom. The molecule has 0 radical (unpaired) electrons. The van der Waals surface area contributed by atoms with Gasteiger partial charge in [0.25, 0.3) is 0 Å². The van der Waals surface area contributed by atoms with E-state index in [-0.39, 0.29) is 6.10 Å². The lowest BCUT2D eigenvalue weighted by Crippen LogP contribution is -2.39. The summed E-state index contributed by atoms with van der Waals surface area (Å²) in [6, 6.07) is 10.5. The number of nitrogens with zero attached hydrogens (tertiary/aromatic N) is 2. The molecule has 0 amide bonds. The zero-order chi connectivity index (χ0) is 21.8. The second-order valence-corrected chi connectivity index (χ2v) is 8.32. The molecule has 7 nitrogen and oxygen atoms in total. The average molecular weight is 436 g/mol. The Bertz CT molecular complexity index is 1070. The van der Waals surface area contributed by atoms with Crippen molar-refractivity contribution in [2.45, 2.75) is 44.4 Å². The Balaban J connectivity index is 1.10. The third-order valence-electron chi connectivity index (χ3n) is 6.20. The lowest BCUT2D eigenvalue weighted by atomic mass is 9.97. The predicted octanol–water partition coefficient (Wildman–Crippen LogP) is 3.68. The summed E-state index contributed by atoms with van der Waals surface area (Å²) < 4.78 is 22.8. The van der Waals surface area contributed by atoms with Crippen molar-refractivity contribution in [3.8, 4) is 17.2 Å². The minimum Gasteiger partial charge on any atom is -0.497 e. The molecule has 3 aromatic rings. The van der Waals surface area contributed by atoms with Crippen LogP contribution in [0.5, 0.6) is 17.2 Å². The number of methoxy groups -OCH3 is 1. The summed E-state index contributed by atoms with van der Waals surface area (Å²) in [6.07, 6.45) is 8.05. The fourth-order valence-corrected chi connectivity index (χ4v) is 4.37. The first kappa shape index (κ1) is 21.0. The first-order valence-electron chi connectivity index (χ1n) is 11.3. The van der Waals surface area contributed by atoms with E-state index in [2.05, 4.69) is 27.4 Å². The summed E-state index contributed by atoms with van der Waals surface area (Å²) in [5.74, 6) is 2.37. The summed E-state index contributed by atoms with van der Waals surface area (Å²) in [4.78, 5) is 8.95. The van der Waals surface area contributed by atoms with Crippen LogP contribution in [-0.4, -0.2) is 49.0 Å². The first-order valence-corrected chi connectivity index (χ1v) is 11.3. The fraction of sp³-hybridized carbons (Fsp3) is 0.440. The Hall–Kier alpha value is -2.90. The Morgan fingerprint density at radius 3 is 2.81 bits per heavy atom. The van der Waals surface area contributed by atoms with E-state index in [1.165, 1.54) is 5.56 Å². The maximum atomic E-state index is 6.18. The molecule has 2 aromatic heterocycles. The molecule has 2 aliphatic heterocycles. The van der Waals surface area contributed by atoms with E-state index in [1.807, 2.05) is 24.4 Å². The van der Waals surface area contributed by atoms with Gasteiger partial charge in [0.1, 0.15) is 19.0 Å². The zero-order valence-electron chi connectivity index (χ0n) is 18.4. The minimum absolute atomic E-state index is 0.286. The maximum Gasteiger partial charge on any atom is 0.179 e. The van der Waals surface area contributed by atoms with E-state index in [9.17, 15) is 0 Å². The first-order chi connectivity index (χ1) is 15.8. The number of aryl methyl sites for hydroxylation is 1. The van der Waals surface area contributed by atoms with Gasteiger partial charge in [0.2, 0.25) is 0 Å². The van der Waals surface area contributed by atoms with Crippen LogP contribution in [0.4, 0.5) is 0 Å². The molecule has 168 valence electrons.